The number of hydrogen-bond acceptors (Lipinski definition) is 6. The van der Waals surface area contributed by atoms with Gasteiger partial charge in [-0.2, -0.15) is 0 Å². The summed E-state index contributed by atoms with van der Waals surface area (Å²) in [5.41, 5.74) is -0.329. The predicted molar refractivity (Wildman–Crippen MR) is 101 cm³/mol. The molecule has 27 heavy (non-hydrogen) atoms. The molecule has 0 aliphatic carbocycles. The average molecular weight is 373 g/mol. The highest BCUT2D eigenvalue weighted by atomic mass is 16.6. The van der Waals surface area contributed by atoms with E-state index in [4.69, 9.17) is 4.74 Å². The molecule has 2 bridgehead atoms. The van der Waals surface area contributed by atoms with E-state index >= 15 is 0 Å². The molecule has 2 saturated heterocycles. The van der Waals surface area contributed by atoms with E-state index in [0.717, 1.165) is 24.2 Å². The monoisotopic (exact) mass is 373 g/mol. The van der Waals surface area contributed by atoms with E-state index in [-0.39, 0.29) is 24.1 Å². The highest BCUT2D eigenvalue weighted by molar-refractivity contribution is 6.06. The Morgan fingerprint density at radius 2 is 1.85 bits per heavy atom. The topological polar surface area (TPSA) is 87.7 Å². The smallest absolute Gasteiger partial charge is 0.410 e. The number of amides is 2. The van der Waals surface area contributed by atoms with Crippen molar-refractivity contribution in [1.82, 2.24) is 14.9 Å². The summed E-state index contributed by atoms with van der Waals surface area (Å²) >= 11 is 0. The second-order valence-corrected chi connectivity index (χ2v) is 9.18. The molecule has 4 heterocycles. The molecule has 2 atom stereocenters. The van der Waals surface area contributed by atoms with Crippen LogP contribution in [0.15, 0.2) is 6.33 Å². The minimum atomic E-state index is -0.673. The Kier molecular flexibility index (Phi) is 3.87. The van der Waals surface area contributed by atoms with Gasteiger partial charge < -0.3 is 15.0 Å². The van der Waals surface area contributed by atoms with Crippen LogP contribution >= 0.6 is 0 Å². The van der Waals surface area contributed by atoms with E-state index in [1.54, 1.807) is 0 Å². The molecule has 1 aromatic heterocycles. The molecule has 3 aliphatic heterocycles. The Balaban J connectivity index is 1.60. The van der Waals surface area contributed by atoms with Gasteiger partial charge in [0, 0.05) is 13.1 Å². The molecule has 3 aliphatic rings. The molecule has 0 radical (unpaired) electrons. The summed E-state index contributed by atoms with van der Waals surface area (Å²) in [6.45, 7) is 10.8. The highest BCUT2D eigenvalue weighted by Crippen LogP contribution is 2.43. The van der Waals surface area contributed by atoms with Crippen molar-refractivity contribution in [1.29, 1.82) is 0 Å². The SMILES string of the molecule is CC(C)(C)OC(=O)N1[C@@H]2CC[C@H]1CN(c1ncnc3c1C(C)(C)C(=O)N3)C2. The lowest BCUT2D eigenvalue weighted by atomic mass is 9.86. The van der Waals surface area contributed by atoms with Crippen molar-refractivity contribution >= 4 is 23.6 Å². The van der Waals surface area contributed by atoms with Gasteiger partial charge in [0.05, 0.1) is 23.1 Å². The first-order valence-corrected chi connectivity index (χ1v) is 9.51. The Morgan fingerprint density at radius 1 is 1.22 bits per heavy atom. The maximum atomic E-state index is 12.7. The van der Waals surface area contributed by atoms with Gasteiger partial charge in [-0.25, -0.2) is 14.8 Å². The van der Waals surface area contributed by atoms with Gasteiger partial charge in [-0.15, -0.1) is 0 Å². The third kappa shape index (κ3) is 2.91. The summed E-state index contributed by atoms with van der Waals surface area (Å²) in [5, 5.41) is 2.86. The van der Waals surface area contributed by atoms with Gasteiger partial charge in [-0.05, 0) is 47.5 Å². The second kappa shape index (κ2) is 5.81. The number of carbonyl (C=O) groups excluding carboxylic acids is 2. The van der Waals surface area contributed by atoms with Crippen LogP contribution in [0, 0.1) is 0 Å². The minimum absolute atomic E-state index is 0.0605. The zero-order chi connectivity index (χ0) is 19.6. The number of piperazine rings is 1. The number of hydrogen-bond donors (Lipinski definition) is 1. The van der Waals surface area contributed by atoms with Crippen LogP contribution in [0.2, 0.25) is 0 Å². The van der Waals surface area contributed by atoms with Gasteiger partial charge in [-0.3, -0.25) is 9.69 Å². The van der Waals surface area contributed by atoms with E-state index in [1.807, 2.05) is 39.5 Å². The summed E-state index contributed by atoms with van der Waals surface area (Å²) in [6, 6.07) is 0.190. The van der Waals surface area contributed by atoms with E-state index in [9.17, 15) is 9.59 Å². The van der Waals surface area contributed by atoms with Crippen molar-refractivity contribution in [3.63, 3.8) is 0 Å². The third-order valence-electron chi connectivity index (χ3n) is 5.64. The van der Waals surface area contributed by atoms with Gasteiger partial charge >= 0.3 is 6.09 Å². The van der Waals surface area contributed by atoms with Crippen LogP contribution in [0.1, 0.15) is 53.0 Å². The lowest BCUT2D eigenvalue weighted by molar-refractivity contribution is -0.119. The first-order valence-electron chi connectivity index (χ1n) is 9.51. The van der Waals surface area contributed by atoms with Crippen LogP contribution in [0.5, 0.6) is 0 Å². The normalized spacial score (nSPS) is 26.0. The minimum Gasteiger partial charge on any atom is -0.444 e. The van der Waals surface area contributed by atoms with Gasteiger partial charge in [0.1, 0.15) is 23.6 Å². The number of anilines is 2. The number of nitrogens with zero attached hydrogens (tertiary/aromatic N) is 4. The molecule has 1 N–H and O–H groups in total. The number of nitrogens with one attached hydrogen (secondary N) is 1. The van der Waals surface area contributed by atoms with Crippen molar-refractivity contribution < 1.29 is 14.3 Å². The van der Waals surface area contributed by atoms with E-state index in [1.165, 1.54) is 6.33 Å². The number of ether oxygens (including phenoxy) is 1. The average Bonchev–Trinajstić information content (AvgIpc) is 2.96. The number of carbonyl (C=O) groups is 2. The molecular formula is C19H27N5O3. The fourth-order valence-electron chi connectivity index (χ4n) is 4.35. The summed E-state index contributed by atoms with van der Waals surface area (Å²) in [7, 11) is 0. The first kappa shape index (κ1) is 18.0. The van der Waals surface area contributed by atoms with Gasteiger partial charge in [0.2, 0.25) is 5.91 Å². The van der Waals surface area contributed by atoms with Crippen LogP contribution in [0.4, 0.5) is 16.4 Å². The fourth-order valence-corrected chi connectivity index (χ4v) is 4.35. The Morgan fingerprint density at radius 3 is 2.44 bits per heavy atom. The molecule has 0 aromatic carbocycles. The standard InChI is InChI=1S/C19H27N5O3/c1-18(2,3)27-17(26)24-11-6-7-12(24)9-23(8-11)15-13-14(20-10-21-15)22-16(25)19(13,4)5/h10-12H,6-9H2,1-5H3,(H,20,21,22,25)/t11-,12+. The molecule has 8 nitrogen and oxygen atoms in total. The van der Waals surface area contributed by atoms with Crippen molar-refractivity contribution in [3.05, 3.63) is 11.9 Å². The van der Waals surface area contributed by atoms with Crippen LogP contribution in [-0.2, 0) is 14.9 Å². The maximum Gasteiger partial charge on any atom is 0.410 e. The zero-order valence-electron chi connectivity index (χ0n) is 16.6. The van der Waals surface area contributed by atoms with Crippen molar-refractivity contribution in [2.75, 3.05) is 23.3 Å². The summed E-state index contributed by atoms with van der Waals surface area (Å²) < 4.78 is 5.61. The van der Waals surface area contributed by atoms with Crippen LogP contribution < -0.4 is 10.2 Å². The second-order valence-electron chi connectivity index (χ2n) is 9.18. The fraction of sp³-hybridized carbons (Fsp3) is 0.684. The van der Waals surface area contributed by atoms with Gasteiger partial charge in [-0.1, -0.05) is 0 Å². The maximum absolute atomic E-state index is 12.7. The van der Waals surface area contributed by atoms with Crippen molar-refractivity contribution in [2.24, 2.45) is 0 Å². The molecule has 0 spiro atoms. The lowest BCUT2D eigenvalue weighted by Crippen LogP contribution is -2.57. The molecule has 2 amide bonds. The number of aromatic nitrogens is 2. The van der Waals surface area contributed by atoms with Crippen molar-refractivity contribution in [2.45, 2.75) is 70.6 Å². The van der Waals surface area contributed by atoms with E-state index < -0.39 is 11.0 Å². The van der Waals surface area contributed by atoms with Crippen LogP contribution in [0.3, 0.4) is 0 Å². The Bertz CT molecular complexity index is 787. The zero-order valence-corrected chi connectivity index (χ0v) is 16.6. The molecule has 146 valence electrons. The number of rotatable bonds is 1. The third-order valence-corrected chi connectivity index (χ3v) is 5.64. The van der Waals surface area contributed by atoms with E-state index in [2.05, 4.69) is 20.2 Å². The summed E-state index contributed by atoms with van der Waals surface area (Å²) in [4.78, 5) is 37.9. The number of fused-ring (bicyclic) bond motifs is 3. The highest BCUT2D eigenvalue weighted by Gasteiger charge is 2.48. The quantitative estimate of drug-likeness (QED) is 0.813. The Labute approximate surface area is 159 Å². The van der Waals surface area contributed by atoms with Crippen LogP contribution in [0.25, 0.3) is 0 Å². The Hall–Kier alpha value is -2.38. The molecule has 8 heteroatoms. The van der Waals surface area contributed by atoms with Crippen LogP contribution in [-0.4, -0.2) is 57.6 Å². The molecular weight excluding hydrogens is 346 g/mol. The summed E-state index contributed by atoms with van der Waals surface area (Å²) in [5.74, 6) is 1.33. The van der Waals surface area contributed by atoms with E-state index in [0.29, 0.717) is 18.9 Å². The van der Waals surface area contributed by atoms with Crippen molar-refractivity contribution in [3.8, 4) is 0 Å². The first-order chi connectivity index (χ1) is 12.6. The molecule has 2 fully saturated rings. The summed E-state index contributed by atoms with van der Waals surface area (Å²) in [6.07, 6.45) is 3.17. The molecule has 4 rings (SSSR count). The predicted octanol–water partition coefficient (Wildman–Crippen LogP) is 2.29. The van der Waals surface area contributed by atoms with Gasteiger partial charge in [0.15, 0.2) is 0 Å². The molecule has 1 aromatic rings. The lowest BCUT2D eigenvalue weighted by Gasteiger charge is -2.42. The van der Waals surface area contributed by atoms with Gasteiger partial charge in [0.25, 0.3) is 0 Å². The molecule has 0 saturated carbocycles. The molecule has 0 unspecified atom stereocenters. The largest absolute Gasteiger partial charge is 0.444 e.